The zero-order valence-electron chi connectivity index (χ0n) is 14.3. The number of hydrogen-bond donors (Lipinski definition) is 6. The minimum absolute atomic E-state index is 0.0278. The van der Waals surface area contributed by atoms with Gasteiger partial charge in [-0.15, -0.1) is 0 Å². The van der Waals surface area contributed by atoms with Gasteiger partial charge in [0.25, 0.3) is 0 Å². The summed E-state index contributed by atoms with van der Waals surface area (Å²) >= 11 is 0. The summed E-state index contributed by atoms with van der Waals surface area (Å²) in [6.45, 7) is 1.39. The molecule has 0 fully saturated rings. The van der Waals surface area contributed by atoms with Crippen LogP contribution in [0.15, 0.2) is 24.3 Å². The van der Waals surface area contributed by atoms with Crippen LogP contribution >= 0.6 is 0 Å². The zero-order valence-corrected chi connectivity index (χ0v) is 14.3. The molecule has 150 valence electrons. The van der Waals surface area contributed by atoms with Crippen molar-refractivity contribution in [1.82, 2.24) is 0 Å². The van der Waals surface area contributed by atoms with E-state index in [4.69, 9.17) is 30.6 Å². The predicted octanol–water partition coefficient (Wildman–Crippen LogP) is -0.942. The second kappa shape index (κ2) is 19.2. The van der Waals surface area contributed by atoms with Crippen molar-refractivity contribution in [2.45, 2.75) is 0 Å². The molecule has 10 nitrogen and oxygen atoms in total. The van der Waals surface area contributed by atoms with E-state index < -0.39 is 11.9 Å². The Bertz CT molecular complexity index is 427. The van der Waals surface area contributed by atoms with Gasteiger partial charge in [0.05, 0.1) is 64.0 Å². The first-order chi connectivity index (χ1) is 12.5. The van der Waals surface area contributed by atoms with E-state index in [0.29, 0.717) is 26.4 Å². The summed E-state index contributed by atoms with van der Waals surface area (Å²) in [5, 5.41) is 49.4. The molecule has 10 heteroatoms. The fraction of sp³-hybridized carbons (Fsp3) is 0.500. The van der Waals surface area contributed by atoms with E-state index in [2.05, 4.69) is 9.47 Å². The fourth-order valence-corrected chi connectivity index (χ4v) is 1.32. The summed E-state index contributed by atoms with van der Waals surface area (Å²) in [7, 11) is 0. The van der Waals surface area contributed by atoms with E-state index in [1.165, 1.54) is 24.3 Å². The average molecular weight is 378 g/mol. The lowest BCUT2D eigenvalue weighted by atomic mass is 10.1. The zero-order chi connectivity index (χ0) is 20.2. The van der Waals surface area contributed by atoms with Crippen molar-refractivity contribution in [2.75, 3.05) is 52.9 Å². The normalized spacial score (nSPS) is 9.38. The standard InChI is InChI=1S/C8H6O4.2C4H10O3/c9-7(10)5-3-1-2-4-6(5)8(11)12;2*5-1-3-7-4-2-6/h1-4H,(H,9,10)(H,11,12);2*5-6H,1-4H2. The third-order valence-corrected chi connectivity index (χ3v) is 2.33. The number of aromatic carboxylic acids is 2. The van der Waals surface area contributed by atoms with Crippen molar-refractivity contribution < 1.29 is 49.7 Å². The van der Waals surface area contributed by atoms with Gasteiger partial charge in [-0.25, -0.2) is 9.59 Å². The molecular weight excluding hydrogens is 352 g/mol. The van der Waals surface area contributed by atoms with Crippen molar-refractivity contribution in [2.24, 2.45) is 0 Å². The van der Waals surface area contributed by atoms with Gasteiger partial charge >= 0.3 is 11.9 Å². The molecule has 0 heterocycles. The van der Waals surface area contributed by atoms with Crippen LogP contribution in [0, 0.1) is 0 Å². The van der Waals surface area contributed by atoms with Crippen LogP contribution in [0.4, 0.5) is 0 Å². The van der Waals surface area contributed by atoms with Crippen molar-refractivity contribution in [3.05, 3.63) is 35.4 Å². The summed E-state index contributed by atoms with van der Waals surface area (Å²) in [5.74, 6) is -2.46. The molecular formula is C16H26O10. The average Bonchev–Trinajstić information content (AvgIpc) is 2.63. The monoisotopic (exact) mass is 378 g/mol. The Hall–Kier alpha value is -2.08. The maximum Gasteiger partial charge on any atom is 0.336 e. The van der Waals surface area contributed by atoms with Gasteiger partial charge in [-0.1, -0.05) is 12.1 Å². The molecule has 0 aliphatic rings. The van der Waals surface area contributed by atoms with Crippen LogP contribution in [0.3, 0.4) is 0 Å². The number of benzene rings is 1. The van der Waals surface area contributed by atoms with Gasteiger partial charge in [0.2, 0.25) is 0 Å². The van der Waals surface area contributed by atoms with E-state index in [9.17, 15) is 9.59 Å². The molecule has 26 heavy (non-hydrogen) atoms. The van der Waals surface area contributed by atoms with Crippen molar-refractivity contribution in [3.8, 4) is 0 Å². The highest BCUT2D eigenvalue weighted by Gasteiger charge is 2.13. The predicted molar refractivity (Wildman–Crippen MR) is 90.3 cm³/mol. The molecule has 0 atom stereocenters. The van der Waals surface area contributed by atoms with Crippen LogP contribution < -0.4 is 0 Å². The number of carboxylic acid groups (broad SMARTS) is 2. The van der Waals surface area contributed by atoms with Gasteiger partial charge in [-0.2, -0.15) is 0 Å². The molecule has 0 unspecified atom stereocenters. The van der Waals surface area contributed by atoms with Crippen LogP contribution in [0.1, 0.15) is 20.7 Å². The lowest BCUT2D eigenvalue weighted by Crippen LogP contribution is -2.06. The van der Waals surface area contributed by atoms with E-state index in [-0.39, 0.29) is 37.6 Å². The largest absolute Gasteiger partial charge is 0.478 e. The first-order valence-corrected chi connectivity index (χ1v) is 7.60. The Balaban J connectivity index is 0. The number of rotatable bonds is 10. The molecule has 0 saturated heterocycles. The molecule has 0 aliphatic carbocycles. The molecule has 0 aromatic heterocycles. The Kier molecular flexibility index (Phi) is 19.4. The Labute approximate surface area is 150 Å². The van der Waals surface area contributed by atoms with Crippen LogP contribution in [0.2, 0.25) is 0 Å². The Morgan fingerprint density at radius 1 is 0.654 bits per heavy atom. The van der Waals surface area contributed by atoms with E-state index >= 15 is 0 Å². The first-order valence-electron chi connectivity index (χ1n) is 7.60. The molecule has 1 aromatic rings. The molecule has 0 bridgehead atoms. The molecule has 0 saturated carbocycles. The Morgan fingerprint density at radius 2 is 0.923 bits per heavy atom. The molecule has 1 rings (SSSR count). The third-order valence-electron chi connectivity index (χ3n) is 2.33. The molecule has 0 amide bonds. The van der Waals surface area contributed by atoms with E-state index in [1.54, 1.807) is 0 Å². The lowest BCUT2D eigenvalue weighted by molar-refractivity contribution is 0.0649. The number of aliphatic hydroxyl groups is 4. The van der Waals surface area contributed by atoms with Gasteiger partial charge < -0.3 is 40.1 Å². The topological polar surface area (TPSA) is 174 Å². The van der Waals surface area contributed by atoms with Crippen LogP contribution in [0.5, 0.6) is 0 Å². The van der Waals surface area contributed by atoms with Crippen LogP contribution in [0.25, 0.3) is 0 Å². The summed E-state index contributed by atoms with van der Waals surface area (Å²) in [6.07, 6.45) is 0. The maximum absolute atomic E-state index is 10.5. The minimum Gasteiger partial charge on any atom is -0.478 e. The molecule has 1 aromatic carbocycles. The minimum atomic E-state index is -1.23. The van der Waals surface area contributed by atoms with Gasteiger partial charge in [0, 0.05) is 0 Å². The molecule has 6 N–H and O–H groups in total. The molecule has 0 spiro atoms. The SMILES string of the molecule is O=C(O)c1ccccc1C(=O)O.OCCOCCO.OCCOCCO. The number of carboxylic acids is 2. The number of ether oxygens (including phenoxy) is 2. The third kappa shape index (κ3) is 15.4. The summed E-state index contributed by atoms with van der Waals surface area (Å²) in [4.78, 5) is 20.9. The molecule has 0 radical (unpaired) electrons. The highest BCUT2D eigenvalue weighted by atomic mass is 16.5. The van der Waals surface area contributed by atoms with Crippen molar-refractivity contribution in [1.29, 1.82) is 0 Å². The van der Waals surface area contributed by atoms with Crippen LogP contribution in [-0.2, 0) is 9.47 Å². The van der Waals surface area contributed by atoms with Gasteiger partial charge in [-0.05, 0) is 12.1 Å². The van der Waals surface area contributed by atoms with Crippen LogP contribution in [-0.4, -0.2) is 95.4 Å². The fourth-order valence-electron chi connectivity index (χ4n) is 1.32. The van der Waals surface area contributed by atoms with Crippen molar-refractivity contribution >= 4 is 11.9 Å². The lowest BCUT2D eigenvalue weighted by Gasteiger charge is -1.98. The summed E-state index contributed by atoms with van der Waals surface area (Å²) in [5.41, 5.74) is -0.380. The second-order valence-corrected chi connectivity index (χ2v) is 4.28. The van der Waals surface area contributed by atoms with Crippen molar-refractivity contribution in [3.63, 3.8) is 0 Å². The van der Waals surface area contributed by atoms with E-state index in [0.717, 1.165) is 0 Å². The van der Waals surface area contributed by atoms with Gasteiger partial charge in [-0.3, -0.25) is 0 Å². The summed E-state index contributed by atoms with van der Waals surface area (Å²) < 4.78 is 9.26. The number of hydrogen-bond acceptors (Lipinski definition) is 8. The highest BCUT2D eigenvalue weighted by Crippen LogP contribution is 2.07. The van der Waals surface area contributed by atoms with Gasteiger partial charge in [0.1, 0.15) is 0 Å². The van der Waals surface area contributed by atoms with E-state index in [1.807, 2.05) is 0 Å². The first kappa shape index (κ1) is 26.2. The summed E-state index contributed by atoms with van der Waals surface area (Å²) in [6, 6.07) is 5.48. The molecule has 0 aliphatic heterocycles. The van der Waals surface area contributed by atoms with Gasteiger partial charge in [0.15, 0.2) is 0 Å². The maximum atomic E-state index is 10.5. The Morgan fingerprint density at radius 3 is 1.12 bits per heavy atom. The highest BCUT2D eigenvalue weighted by molar-refractivity contribution is 6.01. The second-order valence-electron chi connectivity index (χ2n) is 4.28. The number of carbonyl (C=O) groups is 2. The number of aliphatic hydroxyl groups excluding tert-OH is 4. The smallest absolute Gasteiger partial charge is 0.336 e. The quantitative estimate of drug-likeness (QED) is 0.279.